The van der Waals surface area contributed by atoms with Crippen LogP contribution in [0, 0.1) is 0 Å². The van der Waals surface area contributed by atoms with E-state index in [1.54, 1.807) is 50.8 Å². The SMILES string of the molecule is COc1ccc(OC)c(/C=N/NC(=O)C(CCCCNC(=O)c2ccccc2)N2CCOCC2)c1. The van der Waals surface area contributed by atoms with Crippen LogP contribution < -0.4 is 20.2 Å². The molecule has 9 heteroatoms. The van der Waals surface area contributed by atoms with Crippen LogP contribution in [-0.4, -0.2) is 76.0 Å². The number of methoxy groups -OCH3 is 2. The molecule has 2 aromatic rings. The van der Waals surface area contributed by atoms with E-state index >= 15 is 0 Å². The van der Waals surface area contributed by atoms with Crippen LogP contribution in [0.5, 0.6) is 11.5 Å². The van der Waals surface area contributed by atoms with Gasteiger partial charge in [-0.2, -0.15) is 5.10 Å². The maximum absolute atomic E-state index is 13.0. The summed E-state index contributed by atoms with van der Waals surface area (Å²) in [4.78, 5) is 27.4. The first kappa shape index (κ1) is 26.2. The van der Waals surface area contributed by atoms with Crippen molar-refractivity contribution in [3.8, 4) is 11.5 Å². The first-order valence-corrected chi connectivity index (χ1v) is 11.8. The summed E-state index contributed by atoms with van der Waals surface area (Å²) in [5, 5.41) is 7.10. The van der Waals surface area contributed by atoms with E-state index in [0.29, 0.717) is 61.9 Å². The molecule has 2 aromatic carbocycles. The minimum absolute atomic E-state index is 0.0876. The maximum atomic E-state index is 13.0. The second kappa shape index (κ2) is 14.1. The molecule has 1 heterocycles. The number of rotatable bonds is 12. The van der Waals surface area contributed by atoms with Crippen molar-refractivity contribution in [2.75, 3.05) is 47.1 Å². The Morgan fingerprint density at radius 3 is 2.57 bits per heavy atom. The number of benzene rings is 2. The van der Waals surface area contributed by atoms with Gasteiger partial charge in [0.25, 0.3) is 11.8 Å². The number of nitrogens with zero attached hydrogens (tertiary/aromatic N) is 2. The van der Waals surface area contributed by atoms with Gasteiger partial charge in [-0.15, -0.1) is 0 Å². The van der Waals surface area contributed by atoms with Gasteiger partial charge >= 0.3 is 0 Å². The van der Waals surface area contributed by atoms with Crippen LogP contribution in [0.15, 0.2) is 53.6 Å². The van der Waals surface area contributed by atoms with E-state index in [9.17, 15) is 9.59 Å². The molecular weight excluding hydrogens is 448 g/mol. The topological polar surface area (TPSA) is 101 Å². The number of carbonyl (C=O) groups excluding carboxylic acids is 2. The first-order chi connectivity index (χ1) is 17.1. The van der Waals surface area contributed by atoms with Crippen LogP contribution in [0.4, 0.5) is 0 Å². The van der Waals surface area contributed by atoms with E-state index < -0.39 is 0 Å². The summed E-state index contributed by atoms with van der Waals surface area (Å²) < 4.78 is 16.1. The van der Waals surface area contributed by atoms with Gasteiger partial charge in [-0.25, -0.2) is 5.43 Å². The van der Waals surface area contributed by atoms with Crippen molar-refractivity contribution < 1.29 is 23.8 Å². The van der Waals surface area contributed by atoms with Crippen LogP contribution in [-0.2, 0) is 9.53 Å². The Hall–Kier alpha value is -3.43. The Labute approximate surface area is 206 Å². The predicted octanol–water partition coefficient (Wildman–Crippen LogP) is 2.45. The molecule has 9 nitrogen and oxygen atoms in total. The van der Waals surface area contributed by atoms with Crippen molar-refractivity contribution in [1.82, 2.24) is 15.6 Å². The standard InChI is InChI=1S/C26H34N4O5/c1-33-22-11-12-24(34-2)21(18-22)19-28-29-26(32)23(30-14-16-35-17-15-30)10-6-7-13-27-25(31)20-8-4-3-5-9-20/h3-5,8-9,11-12,18-19,23H,6-7,10,13-17H2,1-2H3,(H,27,31)(H,29,32)/b28-19+. The molecule has 0 aliphatic carbocycles. The molecule has 1 unspecified atom stereocenters. The van der Waals surface area contributed by atoms with E-state index in [1.165, 1.54) is 0 Å². The number of ether oxygens (including phenoxy) is 3. The van der Waals surface area contributed by atoms with Crippen LogP contribution in [0.3, 0.4) is 0 Å². The lowest BCUT2D eigenvalue weighted by molar-refractivity contribution is -0.128. The molecule has 0 spiro atoms. The Morgan fingerprint density at radius 2 is 1.86 bits per heavy atom. The van der Waals surface area contributed by atoms with Crippen LogP contribution in [0.25, 0.3) is 0 Å². The number of unbranched alkanes of at least 4 members (excludes halogenated alkanes) is 1. The summed E-state index contributed by atoms with van der Waals surface area (Å²) in [6, 6.07) is 14.2. The van der Waals surface area contributed by atoms with Gasteiger partial charge in [-0.1, -0.05) is 18.2 Å². The van der Waals surface area contributed by atoms with Gasteiger partial charge in [0.1, 0.15) is 11.5 Å². The van der Waals surface area contributed by atoms with E-state index in [0.717, 1.165) is 12.8 Å². The maximum Gasteiger partial charge on any atom is 0.257 e. The predicted molar refractivity (Wildman–Crippen MR) is 134 cm³/mol. The van der Waals surface area contributed by atoms with Gasteiger partial charge in [0, 0.05) is 30.8 Å². The number of hydrogen-bond acceptors (Lipinski definition) is 7. The molecule has 188 valence electrons. The minimum atomic E-state index is -0.326. The number of amides is 2. The number of morpholine rings is 1. The van der Waals surface area contributed by atoms with E-state index in [2.05, 4.69) is 20.7 Å². The third-order valence-corrected chi connectivity index (χ3v) is 5.83. The molecule has 0 saturated carbocycles. The number of hydrazone groups is 1. The Kier molecular flexibility index (Phi) is 10.5. The summed E-state index contributed by atoms with van der Waals surface area (Å²) in [6.45, 7) is 3.13. The van der Waals surface area contributed by atoms with E-state index in [4.69, 9.17) is 14.2 Å². The summed E-state index contributed by atoms with van der Waals surface area (Å²) in [6.07, 6.45) is 3.77. The molecule has 3 rings (SSSR count). The number of nitrogens with one attached hydrogen (secondary N) is 2. The minimum Gasteiger partial charge on any atom is -0.497 e. The fourth-order valence-corrected chi connectivity index (χ4v) is 3.91. The van der Waals surface area contributed by atoms with Crippen LogP contribution >= 0.6 is 0 Å². The number of hydrogen-bond donors (Lipinski definition) is 2. The van der Waals surface area contributed by atoms with Gasteiger partial charge < -0.3 is 19.5 Å². The quantitative estimate of drug-likeness (QED) is 0.274. The van der Waals surface area contributed by atoms with Crippen LogP contribution in [0.1, 0.15) is 35.2 Å². The summed E-state index contributed by atoms with van der Waals surface area (Å²) in [5.74, 6) is 1.05. The Balaban J connectivity index is 1.53. The summed E-state index contributed by atoms with van der Waals surface area (Å²) in [5.41, 5.74) is 4.02. The first-order valence-electron chi connectivity index (χ1n) is 11.8. The molecule has 1 saturated heterocycles. The Bertz CT molecular complexity index is 977. The molecule has 1 fully saturated rings. The highest BCUT2D eigenvalue weighted by Crippen LogP contribution is 2.22. The molecule has 0 bridgehead atoms. The lowest BCUT2D eigenvalue weighted by atomic mass is 10.1. The zero-order chi connectivity index (χ0) is 24.9. The number of carbonyl (C=O) groups is 2. The van der Waals surface area contributed by atoms with Gasteiger partial charge in [-0.3, -0.25) is 14.5 Å². The molecule has 2 N–H and O–H groups in total. The molecule has 2 amide bonds. The molecule has 1 aliphatic heterocycles. The average molecular weight is 483 g/mol. The second-order valence-corrected chi connectivity index (χ2v) is 8.12. The molecule has 1 aliphatic rings. The van der Waals surface area contributed by atoms with Gasteiger partial charge in [-0.05, 0) is 49.6 Å². The smallest absolute Gasteiger partial charge is 0.257 e. The highest BCUT2D eigenvalue weighted by molar-refractivity contribution is 5.94. The fourth-order valence-electron chi connectivity index (χ4n) is 3.91. The third-order valence-electron chi connectivity index (χ3n) is 5.83. The van der Waals surface area contributed by atoms with E-state index in [1.807, 2.05) is 18.2 Å². The van der Waals surface area contributed by atoms with E-state index in [-0.39, 0.29) is 17.9 Å². The van der Waals surface area contributed by atoms with Crippen molar-refractivity contribution in [3.05, 3.63) is 59.7 Å². The van der Waals surface area contributed by atoms with Crippen molar-refractivity contribution in [2.24, 2.45) is 5.10 Å². The van der Waals surface area contributed by atoms with Crippen molar-refractivity contribution >= 4 is 18.0 Å². The second-order valence-electron chi connectivity index (χ2n) is 8.12. The summed E-state index contributed by atoms with van der Waals surface area (Å²) in [7, 11) is 3.17. The average Bonchev–Trinajstić information content (AvgIpc) is 2.91. The van der Waals surface area contributed by atoms with Crippen molar-refractivity contribution in [3.63, 3.8) is 0 Å². The van der Waals surface area contributed by atoms with Gasteiger partial charge in [0.2, 0.25) is 0 Å². The molecular formula is C26H34N4O5. The zero-order valence-electron chi connectivity index (χ0n) is 20.4. The summed E-state index contributed by atoms with van der Waals surface area (Å²) >= 11 is 0. The highest BCUT2D eigenvalue weighted by Gasteiger charge is 2.27. The lowest BCUT2D eigenvalue weighted by Crippen LogP contribution is -2.50. The molecule has 1 atom stereocenters. The largest absolute Gasteiger partial charge is 0.497 e. The fraction of sp³-hybridized carbons (Fsp3) is 0.423. The zero-order valence-corrected chi connectivity index (χ0v) is 20.4. The van der Waals surface area contributed by atoms with Gasteiger partial charge in [0.15, 0.2) is 0 Å². The lowest BCUT2D eigenvalue weighted by Gasteiger charge is -2.33. The van der Waals surface area contributed by atoms with Crippen molar-refractivity contribution in [2.45, 2.75) is 25.3 Å². The monoisotopic (exact) mass is 482 g/mol. The third kappa shape index (κ3) is 8.08. The molecule has 35 heavy (non-hydrogen) atoms. The van der Waals surface area contributed by atoms with Crippen molar-refractivity contribution in [1.29, 1.82) is 0 Å². The molecule has 0 radical (unpaired) electrons. The molecule has 0 aromatic heterocycles. The Morgan fingerprint density at radius 1 is 1.09 bits per heavy atom. The van der Waals surface area contributed by atoms with Gasteiger partial charge in [0.05, 0.1) is 39.7 Å². The highest BCUT2D eigenvalue weighted by atomic mass is 16.5. The van der Waals surface area contributed by atoms with Crippen LogP contribution in [0.2, 0.25) is 0 Å². The normalized spacial score (nSPS) is 14.9.